The number of imidazole rings is 1. The van der Waals surface area contributed by atoms with Crippen LogP contribution < -0.4 is 11.1 Å². The summed E-state index contributed by atoms with van der Waals surface area (Å²) in [5.74, 6) is 2.03. The number of halogens is 1. The fraction of sp³-hybridized carbons (Fsp3) is 0.250. The Balaban J connectivity index is 0.00000180. The lowest BCUT2D eigenvalue weighted by Gasteiger charge is -2.05. The van der Waals surface area contributed by atoms with Crippen LogP contribution in [0.2, 0.25) is 0 Å². The molecule has 0 saturated heterocycles. The smallest absolute Gasteiger partial charge is 0.194 e. The van der Waals surface area contributed by atoms with Gasteiger partial charge in [-0.05, 0) is 19.1 Å². The normalized spacial score (nSPS) is 10.9. The highest BCUT2D eigenvalue weighted by atomic mass is 127. The lowest BCUT2D eigenvalue weighted by Crippen LogP contribution is -2.23. The molecule has 102 valence electrons. The van der Waals surface area contributed by atoms with E-state index >= 15 is 0 Å². The second-order valence-electron chi connectivity index (χ2n) is 3.77. The van der Waals surface area contributed by atoms with Gasteiger partial charge in [0.15, 0.2) is 5.96 Å². The van der Waals surface area contributed by atoms with E-state index in [0.717, 1.165) is 12.4 Å². The van der Waals surface area contributed by atoms with E-state index in [9.17, 15) is 0 Å². The van der Waals surface area contributed by atoms with Gasteiger partial charge in [-0.2, -0.15) is 0 Å². The number of guanidine groups is 1. The molecule has 0 spiro atoms. The van der Waals surface area contributed by atoms with Crippen molar-refractivity contribution in [1.29, 1.82) is 0 Å². The van der Waals surface area contributed by atoms with E-state index in [1.165, 1.54) is 0 Å². The van der Waals surface area contributed by atoms with Crippen molar-refractivity contribution in [1.82, 2.24) is 14.5 Å². The number of hydrogen-bond donors (Lipinski definition) is 2. The van der Waals surface area contributed by atoms with Gasteiger partial charge in [0.1, 0.15) is 11.6 Å². The van der Waals surface area contributed by atoms with Crippen molar-refractivity contribution in [3.8, 4) is 0 Å². The van der Waals surface area contributed by atoms with E-state index in [0.29, 0.717) is 18.3 Å². The van der Waals surface area contributed by atoms with Crippen molar-refractivity contribution >= 4 is 35.8 Å². The van der Waals surface area contributed by atoms with Crippen LogP contribution in [0.4, 0.5) is 5.82 Å². The lowest BCUT2D eigenvalue weighted by molar-refractivity contribution is 0.685. The number of nitrogens with one attached hydrogen (secondary N) is 1. The zero-order valence-electron chi connectivity index (χ0n) is 10.7. The Morgan fingerprint density at radius 3 is 2.84 bits per heavy atom. The summed E-state index contributed by atoms with van der Waals surface area (Å²) >= 11 is 0. The molecule has 3 N–H and O–H groups in total. The SMILES string of the molecule is Cc1nccn1CCN=C(N)Nc1ccccn1.I. The fourth-order valence-electron chi connectivity index (χ4n) is 1.53. The number of nitrogens with zero attached hydrogens (tertiary/aromatic N) is 4. The van der Waals surface area contributed by atoms with Crippen LogP contribution in [0, 0.1) is 6.92 Å². The molecule has 0 fully saturated rings. The first-order chi connectivity index (χ1) is 8.75. The van der Waals surface area contributed by atoms with Gasteiger partial charge in [-0.25, -0.2) is 9.97 Å². The topological polar surface area (TPSA) is 81.1 Å². The summed E-state index contributed by atoms with van der Waals surface area (Å²) in [6.07, 6.45) is 5.40. The third kappa shape index (κ3) is 4.86. The van der Waals surface area contributed by atoms with Crippen molar-refractivity contribution in [3.63, 3.8) is 0 Å². The lowest BCUT2D eigenvalue weighted by atomic mass is 10.5. The molecule has 2 aromatic heterocycles. The first-order valence-electron chi connectivity index (χ1n) is 5.71. The Bertz CT molecular complexity index is 522. The van der Waals surface area contributed by atoms with Crippen molar-refractivity contribution in [2.24, 2.45) is 10.7 Å². The Morgan fingerprint density at radius 2 is 2.21 bits per heavy atom. The zero-order valence-corrected chi connectivity index (χ0v) is 13.0. The van der Waals surface area contributed by atoms with Crippen LogP contribution in [0.15, 0.2) is 41.8 Å². The van der Waals surface area contributed by atoms with Crippen LogP contribution in [-0.2, 0) is 6.54 Å². The minimum atomic E-state index is 0. The summed E-state index contributed by atoms with van der Waals surface area (Å²) in [5.41, 5.74) is 5.76. The third-order valence-corrected chi connectivity index (χ3v) is 2.47. The molecular weight excluding hydrogens is 355 g/mol. The number of nitrogens with two attached hydrogens (primary N) is 1. The minimum Gasteiger partial charge on any atom is -0.370 e. The summed E-state index contributed by atoms with van der Waals surface area (Å²) in [6, 6.07) is 5.57. The Kier molecular flexibility index (Phi) is 6.26. The summed E-state index contributed by atoms with van der Waals surface area (Å²) in [5, 5.41) is 2.93. The molecular formula is C12H17IN6. The number of aryl methyl sites for hydroxylation is 1. The molecule has 0 aromatic carbocycles. The van der Waals surface area contributed by atoms with E-state index in [-0.39, 0.29) is 24.0 Å². The predicted molar refractivity (Wildman–Crippen MR) is 86.7 cm³/mol. The molecule has 0 unspecified atom stereocenters. The van der Waals surface area contributed by atoms with Gasteiger partial charge in [0, 0.05) is 25.1 Å². The highest BCUT2D eigenvalue weighted by Gasteiger charge is 1.97. The van der Waals surface area contributed by atoms with Gasteiger partial charge < -0.3 is 15.6 Å². The van der Waals surface area contributed by atoms with Gasteiger partial charge in [0.25, 0.3) is 0 Å². The first-order valence-corrected chi connectivity index (χ1v) is 5.71. The third-order valence-electron chi connectivity index (χ3n) is 2.47. The summed E-state index contributed by atoms with van der Waals surface area (Å²) < 4.78 is 2.03. The van der Waals surface area contributed by atoms with Crippen LogP contribution in [0.3, 0.4) is 0 Å². The van der Waals surface area contributed by atoms with E-state index < -0.39 is 0 Å². The van der Waals surface area contributed by atoms with Gasteiger partial charge in [-0.15, -0.1) is 24.0 Å². The quantitative estimate of drug-likeness (QED) is 0.486. The van der Waals surface area contributed by atoms with Gasteiger partial charge >= 0.3 is 0 Å². The number of rotatable bonds is 4. The van der Waals surface area contributed by atoms with Gasteiger partial charge in [-0.1, -0.05) is 6.07 Å². The number of hydrogen-bond acceptors (Lipinski definition) is 3. The molecule has 0 aliphatic carbocycles. The molecule has 2 heterocycles. The minimum absolute atomic E-state index is 0. The molecule has 2 rings (SSSR count). The Labute approximate surface area is 129 Å². The van der Waals surface area contributed by atoms with Crippen molar-refractivity contribution in [3.05, 3.63) is 42.6 Å². The predicted octanol–water partition coefficient (Wildman–Crippen LogP) is 1.63. The molecule has 0 aliphatic heterocycles. The summed E-state index contributed by atoms with van der Waals surface area (Å²) in [6.45, 7) is 3.32. The van der Waals surface area contributed by atoms with Crippen molar-refractivity contribution < 1.29 is 0 Å². The second kappa shape index (κ2) is 7.72. The van der Waals surface area contributed by atoms with E-state index in [2.05, 4.69) is 20.3 Å². The van der Waals surface area contributed by atoms with Crippen LogP contribution in [0.5, 0.6) is 0 Å². The van der Waals surface area contributed by atoms with E-state index in [4.69, 9.17) is 5.73 Å². The maximum atomic E-state index is 5.76. The monoisotopic (exact) mass is 372 g/mol. The molecule has 0 atom stereocenters. The maximum absolute atomic E-state index is 5.76. The first kappa shape index (κ1) is 15.4. The van der Waals surface area contributed by atoms with Crippen molar-refractivity contribution in [2.45, 2.75) is 13.5 Å². The molecule has 2 aromatic rings. The van der Waals surface area contributed by atoms with Crippen LogP contribution in [0.1, 0.15) is 5.82 Å². The molecule has 6 nitrogen and oxygen atoms in total. The molecule has 19 heavy (non-hydrogen) atoms. The second-order valence-corrected chi connectivity index (χ2v) is 3.77. The summed E-state index contributed by atoms with van der Waals surface area (Å²) in [7, 11) is 0. The average Bonchev–Trinajstić information content (AvgIpc) is 2.76. The van der Waals surface area contributed by atoms with Crippen LogP contribution in [0.25, 0.3) is 0 Å². The van der Waals surface area contributed by atoms with Gasteiger partial charge in [0.05, 0.1) is 6.54 Å². The van der Waals surface area contributed by atoms with Crippen molar-refractivity contribution in [2.75, 3.05) is 11.9 Å². The van der Waals surface area contributed by atoms with Crippen LogP contribution in [-0.4, -0.2) is 27.0 Å². The molecule has 0 aliphatic rings. The van der Waals surface area contributed by atoms with Crippen LogP contribution >= 0.6 is 24.0 Å². The number of aromatic nitrogens is 3. The number of anilines is 1. The van der Waals surface area contributed by atoms with Gasteiger partial charge in [0.2, 0.25) is 0 Å². The zero-order chi connectivity index (χ0) is 12.8. The van der Waals surface area contributed by atoms with E-state index in [1.54, 1.807) is 12.4 Å². The molecule has 0 saturated carbocycles. The number of aliphatic imine (C=N–C) groups is 1. The summed E-state index contributed by atoms with van der Waals surface area (Å²) in [4.78, 5) is 12.5. The Hall–Kier alpha value is -1.64. The Morgan fingerprint density at radius 1 is 1.37 bits per heavy atom. The highest BCUT2D eigenvalue weighted by molar-refractivity contribution is 14.0. The fourth-order valence-corrected chi connectivity index (χ4v) is 1.53. The molecule has 0 radical (unpaired) electrons. The molecule has 7 heteroatoms. The largest absolute Gasteiger partial charge is 0.370 e. The maximum Gasteiger partial charge on any atom is 0.194 e. The highest BCUT2D eigenvalue weighted by Crippen LogP contribution is 1.99. The molecule has 0 amide bonds. The van der Waals surface area contributed by atoms with Gasteiger partial charge in [-0.3, -0.25) is 4.99 Å². The standard InChI is InChI=1S/C12H16N6.HI/c1-10-14-6-8-18(10)9-7-16-12(13)17-11-4-2-3-5-15-11;/h2-6,8H,7,9H2,1H3,(H3,13,15,16,17);1H. The number of pyridine rings is 1. The molecule has 0 bridgehead atoms. The van der Waals surface area contributed by atoms with E-state index in [1.807, 2.05) is 35.9 Å². The average molecular weight is 372 g/mol.